The van der Waals surface area contributed by atoms with Crippen LogP contribution >= 0.6 is 0 Å². The molecule has 146 valence electrons. The van der Waals surface area contributed by atoms with E-state index in [-0.39, 0.29) is 5.72 Å². The second kappa shape index (κ2) is 9.02. The second-order valence-electron chi connectivity index (χ2n) is 6.94. The molecule has 0 bridgehead atoms. The molecule has 0 saturated carbocycles. The molecule has 0 radical (unpaired) electrons. The van der Waals surface area contributed by atoms with Gasteiger partial charge in [0.05, 0.1) is 12.5 Å². The van der Waals surface area contributed by atoms with Gasteiger partial charge < -0.3 is 22.0 Å². The van der Waals surface area contributed by atoms with Crippen LogP contribution in [-0.4, -0.2) is 36.9 Å². The predicted octanol–water partition coefficient (Wildman–Crippen LogP) is 5.50. The summed E-state index contributed by atoms with van der Waals surface area (Å²) < 4.78 is 48.0. The molecule has 0 amide bonds. The van der Waals surface area contributed by atoms with Gasteiger partial charge in [0.2, 0.25) is 0 Å². The number of hydrogen-bond donors (Lipinski definition) is 0. The Balaban J connectivity index is 0.000000431. The molecule has 2 nitrogen and oxygen atoms in total. The van der Waals surface area contributed by atoms with Crippen molar-refractivity contribution in [3.05, 3.63) is 35.9 Å². The average molecular weight is 373 g/mol. The SMILES string of the molecule is CCOC12CCCC[N+]1=CC(CC)CC2c1ccccc1.F[B-](F)(F)F. The highest BCUT2D eigenvalue weighted by Gasteiger charge is 2.54. The Morgan fingerprint density at radius 1 is 1.12 bits per heavy atom. The Morgan fingerprint density at radius 3 is 2.35 bits per heavy atom. The van der Waals surface area contributed by atoms with E-state index in [1.807, 2.05) is 0 Å². The smallest absolute Gasteiger partial charge is 0.418 e. The predicted molar refractivity (Wildman–Crippen MR) is 97.2 cm³/mol. The summed E-state index contributed by atoms with van der Waals surface area (Å²) in [5.74, 6) is 1.18. The largest absolute Gasteiger partial charge is 0.673 e. The molecule has 26 heavy (non-hydrogen) atoms. The minimum Gasteiger partial charge on any atom is -0.418 e. The third kappa shape index (κ3) is 5.32. The number of benzene rings is 1. The lowest BCUT2D eigenvalue weighted by atomic mass is 9.74. The Hall–Kier alpha value is -1.37. The first kappa shape index (κ1) is 20.9. The van der Waals surface area contributed by atoms with Crippen LogP contribution in [0.4, 0.5) is 17.3 Å². The van der Waals surface area contributed by atoms with Crippen LogP contribution in [0, 0.1) is 5.92 Å². The number of hydrogen-bond acceptors (Lipinski definition) is 1. The number of nitrogens with zero attached hydrogens (tertiary/aromatic N) is 1. The van der Waals surface area contributed by atoms with Crippen LogP contribution in [0.5, 0.6) is 0 Å². The molecule has 0 N–H and O–H groups in total. The Morgan fingerprint density at radius 2 is 1.77 bits per heavy atom. The zero-order chi connectivity index (χ0) is 19.2. The van der Waals surface area contributed by atoms with Crippen molar-refractivity contribution in [3.8, 4) is 0 Å². The topological polar surface area (TPSA) is 12.2 Å². The molecule has 1 saturated heterocycles. The summed E-state index contributed by atoms with van der Waals surface area (Å²) in [4.78, 5) is 0. The molecule has 1 fully saturated rings. The molecule has 0 aliphatic carbocycles. The lowest BCUT2D eigenvalue weighted by Gasteiger charge is -2.43. The standard InChI is InChI=1S/C19H28NO.BF4/c1-3-16-14-18(17-10-6-5-7-11-17)19(21-4-2)12-8-9-13-20(19)15-16;2-1(3,4)5/h5-7,10-11,15-16,18H,3-4,8-9,12-14H2,1-2H3;/q+1;-1. The Bertz CT molecular complexity index is 583. The maximum atomic E-state index is 9.75. The fourth-order valence-corrected chi connectivity index (χ4v) is 4.23. The molecule has 1 aromatic carbocycles. The highest BCUT2D eigenvalue weighted by molar-refractivity contribution is 6.50. The monoisotopic (exact) mass is 373 g/mol. The van der Waals surface area contributed by atoms with E-state index in [9.17, 15) is 17.3 Å². The van der Waals surface area contributed by atoms with Crippen molar-refractivity contribution in [3.63, 3.8) is 0 Å². The summed E-state index contributed by atoms with van der Waals surface area (Å²) in [5, 5.41) is 0. The van der Waals surface area contributed by atoms with Crippen molar-refractivity contribution >= 4 is 13.5 Å². The zero-order valence-electron chi connectivity index (χ0n) is 15.5. The zero-order valence-corrected chi connectivity index (χ0v) is 15.5. The van der Waals surface area contributed by atoms with Gasteiger partial charge in [0.15, 0.2) is 0 Å². The molecule has 3 rings (SSSR count). The van der Waals surface area contributed by atoms with Gasteiger partial charge in [0.1, 0.15) is 12.8 Å². The normalized spacial score (nSPS) is 28.5. The molecule has 3 atom stereocenters. The number of rotatable bonds is 4. The van der Waals surface area contributed by atoms with Gasteiger partial charge in [-0.25, -0.2) is 4.58 Å². The van der Waals surface area contributed by atoms with Crippen molar-refractivity contribution in [1.82, 2.24) is 0 Å². The maximum absolute atomic E-state index is 9.75. The number of fused-ring (bicyclic) bond motifs is 1. The summed E-state index contributed by atoms with van der Waals surface area (Å²) in [5.41, 5.74) is 1.35. The van der Waals surface area contributed by atoms with Gasteiger partial charge in [-0.1, -0.05) is 37.3 Å². The first-order valence-corrected chi connectivity index (χ1v) is 9.48. The van der Waals surface area contributed by atoms with Crippen molar-refractivity contribution in [2.24, 2.45) is 5.92 Å². The molecule has 7 heteroatoms. The first-order chi connectivity index (χ1) is 12.3. The van der Waals surface area contributed by atoms with Gasteiger partial charge >= 0.3 is 7.25 Å². The van der Waals surface area contributed by atoms with Crippen molar-refractivity contribution < 1.29 is 26.6 Å². The summed E-state index contributed by atoms with van der Waals surface area (Å²) in [6, 6.07) is 11.0. The van der Waals surface area contributed by atoms with Gasteiger partial charge in [0.25, 0.3) is 5.72 Å². The summed E-state index contributed by atoms with van der Waals surface area (Å²) >= 11 is 0. The molecule has 2 heterocycles. The van der Waals surface area contributed by atoms with Gasteiger partial charge in [-0.3, -0.25) is 0 Å². The van der Waals surface area contributed by atoms with Crippen molar-refractivity contribution in [2.75, 3.05) is 13.2 Å². The van der Waals surface area contributed by atoms with Crippen LogP contribution < -0.4 is 0 Å². The molecule has 0 aromatic heterocycles. The van der Waals surface area contributed by atoms with E-state index in [1.54, 1.807) is 0 Å². The van der Waals surface area contributed by atoms with E-state index in [4.69, 9.17) is 4.74 Å². The highest BCUT2D eigenvalue weighted by Crippen LogP contribution is 2.45. The van der Waals surface area contributed by atoms with E-state index in [1.165, 1.54) is 31.2 Å². The number of halogens is 4. The van der Waals surface area contributed by atoms with Gasteiger partial charge in [-0.15, -0.1) is 0 Å². The Labute approximate surface area is 153 Å². The van der Waals surface area contributed by atoms with Gasteiger partial charge in [-0.2, -0.15) is 0 Å². The molecule has 0 spiro atoms. The van der Waals surface area contributed by atoms with E-state index in [2.05, 4.69) is 55.0 Å². The number of piperidine rings is 1. The van der Waals surface area contributed by atoms with Crippen molar-refractivity contribution in [1.29, 1.82) is 0 Å². The third-order valence-corrected chi connectivity index (χ3v) is 5.26. The van der Waals surface area contributed by atoms with Gasteiger partial charge in [0, 0.05) is 18.8 Å². The third-order valence-electron chi connectivity index (χ3n) is 5.26. The summed E-state index contributed by atoms with van der Waals surface area (Å²) in [7, 11) is -6.00. The minimum absolute atomic E-state index is 0.0972. The average Bonchev–Trinajstić information content (AvgIpc) is 2.60. The molecule has 3 unspecified atom stereocenters. The molecule has 2 aliphatic heterocycles. The van der Waals surface area contributed by atoms with Crippen LogP contribution in [0.25, 0.3) is 0 Å². The quantitative estimate of drug-likeness (QED) is 0.386. The lowest BCUT2D eigenvalue weighted by molar-refractivity contribution is -0.680. The van der Waals surface area contributed by atoms with E-state index >= 15 is 0 Å². The van der Waals surface area contributed by atoms with E-state index in [0.717, 1.165) is 19.6 Å². The first-order valence-electron chi connectivity index (χ1n) is 9.48. The van der Waals surface area contributed by atoms with Crippen LogP contribution in [0.15, 0.2) is 30.3 Å². The van der Waals surface area contributed by atoms with Gasteiger partial charge in [-0.05, 0) is 31.7 Å². The highest BCUT2D eigenvalue weighted by atomic mass is 19.5. The minimum atomic E-state index is -6.00. The van der Waals surface area contributed by atoms with E-state index in [0.29, 0.717) is 11.8 Å². The van der Waals surface area contributed by atoms with Crippen LogP contribution in [0.2, 0.25) is 0 Å². The molecule has 2 aliphatic rings. The molecule has 1 aromatic rings. The van der Waals surface area contributed by atoms with Crippen molar-refractivity contribution in [2.45, 2.75) is 57.6 Å². The maximum Gasteiger partial charge on any atom is 0.673 e. The molecular weight excluding hydrogens is 345 g/mol. The number of ether oxygens (including phenoxy) is 1. The van der Waals surface area contributed by atoms with E-state index < -0.39 is 7.25 Å². The Kier molecular flexibility index (Phi) is 7.27. The second-order valence-corrected chi connectivity index (χ2v) is 6.94. The lowest BCUT2D eigenvalue weighted by Crippen LogP contribution is -2.56. The fraction of sp³-hybridized carbons (Fsp3) is 0.632. The fourth-order valence-electron chi connectivity index (χ4n) is 4.23. The van der Waals surface area contributed by atoms with Crippen LogP contribution in [0.1, 0.15) is 57.4 Å². The van der Waals surface area contributed by atoms with Crippen LogP contribution in [0.3, 0.4) is 0 Å². The van der Waals surface area contributed by atoms with Crippen LogP contribution in [-0.2, 0) is 4.74 Å². The summed E-state index contributed by atoms with van der Waals surface area (Å²) in [6.45, 7) is 6.39. The summed E-state index contributed by atoms with van der Waals surface area (Å²) in [6.07, 6.45) is 8.66. The molecular formula is C19H28BF4NO.